The highest BCUT2D eigenvalue weighted by Crippen LogP contribution is 2.31. The van der Waals surface area contributed by atoms with Gasteiger partial charge in [-0.1, -0.05) is 0 Å². The average molecular weight is 292 g/mol. The SMILES string of the molecule is CCOC(=O)c1cc(N(CCCO)C2CCC2)ccc1N. The van der Waals surface area contributed by atoms with E-state index in [0.29, 0.717) is 23.9 Å². The van der Waals surface area contributed by atoms with Crippen molar-refractivity contribution in [2.45, 2.75) is 38.6 Å². The zero-order valence-corrected chi connectivity index (χ0v) is 12.5. The number of hydrogen-bond donors (Lipinski definition) is 2. The summed E-state index contributed by atoms with van der Waals surface area (Å²) < 4.78 is 5.05. The number of carbonyl (C=O) groups is 1. The minimum atomic E-state index is -0.382. The molecule has 3 N–H and O–H groups in total. The van der Waals surface area contributed by atoms with Gasteiger partial charge in [0.05, 0.1) is 12.2 Å². The van der Waals surface area contributed by atoms with Gasteiger partial charge in [0.1, 0.15) is 0 Å². The van der Waals surface area contributed by atoms with E-state index >= 15 is 0 Å². The third-order valence-corrected chi connectivity index (χ3v) is 3.94. The van der Waals surface area contributed by atoms with E-state index in [0.717, 1.165) is 31.5 Å². The number of ether oxygens (including phenoxy) is 1. The average Bonchev–Trinajstić information content (AvgIpc) is 2.42. The minimum absolute atomic E-state index is 0.170. The highest BCUT2D eigenvalue weighted by Gasteiger charge is 2.25. The minimum Gasteiger partial charge on any atom is -0.462 e. The number of nitrogens with two attached hydrogens (primary N) is 1. The van der Waals surface area contributed by atoms with Crippen LogP contribution in [0, 0.1) is 0 Å². The van der Waals surface area contributed by atoms with E-state index in [1.165, 1.54) is 6.42 Å². The number of rotatable bonds is 7. The first-order valence-corrected chi connectivity index (χ1v) is 7.61. The van der Waals surface area contributed by atoms with Crippen molar-refractivity contribution in [1.82, 2.24) is 0 Å². The van der Waals surface area contributed by atoms with E-state index in [1.54, 1.807) is 13.0 Å². The molecule has 21 heavy (non-hydrogen) atoms. The lowest BCUT2D eigenvalue weighted by Gasteiger charge is -2.39. The number of aliphatic hydroxyl groups is 1. The first-order chi connectivity index (χ1) is 10.2. The Morgan fingerprint density at radius 3 is 2.81 bits per heavy atom. The number of carbonyl (C=O) groups excluding carboxylic acids is 1. The molecule has 1 aliphatic carbocycles. The summed E-state index contributed by atoms with van der Waals surface area (Å²) in [4.78, 5) is 14.2. The Morgan fingerprint density at radius 2 is 2.24 bits per heavy atom. The van der Waals surface area contributed by atoms with Crippen molar-refractivity contribution in [1.29, 1.82) is 0 Å². The molecule has 0 spiro atoms. The summed E-state index contributed by atoms with van der Waals surface area (Å²) in [5.74, 6) is -0.382. The summed E-state index contributed by atoms with van der Waals surface area (Å²) in [7, 11) is 0. The van der Waals surface area contributed by atoms with Crippen molar-refractivity contribution in [3.8, 4) is 0 Å². The fourth-order valence-electron chi connectivity index (χ4n) is 2.57. The van der Waals surface area contributed by atoms with Crippen molar-refractivity contribution in [3.63, 3.8) is 0 Å². The standard InChI is InChI=1S/C16H24N2O3/c1-2-21-16(20)14-11-13(7-8-15(14)17)18(9-4-10-19)12-5-3-6-12/h7-8,11-12,19H,2-6,9-10,17H2,1H3. The van der Waals surface area contributed by atoms with Gasteiger partial charge in [-0.2, -0.15) is 0 Å². The van der Waals surface area contributed by atoms with Gasteiger partial charge in [-0.3, -0.25) is 0 Å². The van der Waals surface area contributed by atoms with Crippen LogP contribution < -0.4 is 10.6 Å². The molecule has 1 aliphatic rings. The normalized spacial score (nSPS) is 14.6. The molecule has 0 atom stereocenters. The quantitative estimate of drug-likeness (QED) is 0.595. The molecule has 0 radical (unpaired) electrons. The van der Waals surface area contributed by atoms with Crippen molar-refractivity contribution >= 4 is 17.3 Å². The summed E-state index contributed by atoms with van der Waals surface area (Å²) in [6.07, 6.45) is 4.27. The molecule has 1 aromatic rings. The molecule has 2 rings (SSSR count). The van der Waals surface area contributed by atoms with E-state index in [2.05, 4.69) is 4.90 Å². The van der Waals surface area contributed by atoms with Crippen LogP contribution >= 0.6 is 0 Å². The van der Waals surface area contributed by atoms with Gasteiger partial charge in [0.2, 0.25) is 0 Å². The Balaban J connectivity index is 2.23. The number of aliphatic hydroxyl groups excluding tert-OH is 1. The molecule has 0 heterocycles. The van der Waals surface area contributed by atoms with E-state index < -0.39 is 0 Å². The van der Waals surface area contributed by atoms with E-state index in [1.807, 2.05) is 12.1 Å². The van der Waals surface area contributed by atoms with E-state index in [9.17, 15) is 4.79 Å². The fraction of sp³-hybridized carbons (Fsp3) is 0.562. The third-order valence-electron chi connectivity index (χ3n) is 3.94. The summed E-state index contributed by atoms with van der Waals surface area (Å²) in [6, 6.07) is 6.00. The summed E-state index contributed by atoms with van der Waals surface area (Å²) in [5, 5.41) is 9.07. The zero-order chi connectivity index (χ0) is 15.2. The molecule has 5 heteroatoms. The monoisotopic (exact) mass is 292 g/mol. The van der Waals surface area contributed by atoms with Crippen molar-refractivity contribution in [3.05, 3.63) is 23.8 Å². The largest absolute Gasteiger partial charge is 0.462 e. The van der Waals surface area contributed by atoms with Gasteiger partial charge in [-0.15, -0.1) is 0 Å². The van der Waals surface area contributed by atoms with Crippen molar-refractivity contribution < 1.29 is 14.6 Å². The Hall–Kier alpha value is -1.75. The highest BCUT2D eigenvalue weighted by atomic mass is 16.5. The number of esters is 1. The van der Waals surface area contributed by atoms with Gasteiger partial charge >= 0.3 is 5.97 Å². The summed E-state index contributed by atoms with van der Waals surface area (Å²) in [6.45, 7) is 3.06. The van der Waals surface area contributed by atoms with Gasteiger partial charge in [0.15, 0.2) is 0 Å². The van der Waals surface area contributed by atoms with Crippen LogP contribution in [-0.2, 0) is 4.74 Å². The van der Waals surface area contributed by atoms with Crippen LogP contribution in [0.2, 0.25) is 0 Å². The number of nitrogen functional groups attached to an aromatic ring is 1. The van der Waals surface area contributed by atoms with Gasteiger partial charge in [0.25, 0.3) is 0 Å². The molecule has 1 saturated carbocycles. The second-order valence-corrected chi connectivity index (χ2v) is 5.35. The van der Waals surface area contributed by atoms with Crippen LogP contribution in [0.25, 0.3) is 0 Å². The lowest BCUT2D eigenvalue weighted by atomic mass is 9.90. The lowest BCUT2D eigenvalue weighted by molar-refractivity contribution is 0.0527. The molecule has 0 saturated heterocycles. The molecule has 0 bridgehead atoms. The maximum atomic E-state index is 11.9. The van der Waals surface area contributed by atoms with Gasteiger partial charge in [0, 0.05) is 30.6 Å². The predicted molar refractivity (Wildman–Crippen MR) is 83.5 cm³/mol. The first-order valence-electron chi connectivity index (χ1n) is 7.61. The smallest absolute Gasteiger partial charge is 0.340 e. The molecule has 1 fully saturated rings. The highest BCUT2D eigenvalue weighted by molar-refractivity contribution is 5.96. The maximum absolute atomic E-state index is 11.9. The second-order valence-electron chi connectivity index (χ2n) is 5.35. The maximum Gasteiger partial charge on any atom is 0.340 e. The van der Waals surface area contributed by atoms with Gasteiger partial charge in [-0.25, -0.2) is 4.79 Å². The summed E-state index contributed by atoms with van der Waals surface area (Å²) >= 11 is 0. The molecule has 0 aromatic heterocycles. The molecule has 0 amide bonds. The van der Waals surface area contributed by atoms with Crippen LogP contribution in [0.15, 0.2) is 18.2 Å². The van der Waals surface area contributed by atoms with Gasteiger partial charge in [-0.05, 0) is 50.8 Å². The molecule has 0 aliphatic heterocycles. The third kappa shape index (κ3) is 3.67. The topological polar surface area (TPSA) is 75.8 Å². The Kier molecular flexibility index (Phi) is 5.44. The van der Waals surface area contributed by atoms with E-state index in [4.69, 9.17) is 15.6 Å². The Labute approximate surface area is 125 Å². The number of nitrogens with zero attached hydrogens (tertiary/aromatic N) is 1. The first kappa shape index (κ1) is 15.6. The lowest BCUT2D eigenvalue weighted by Crippen LogP contribution is -2.41. The molecule has 1 aromatic carbocycles. The molecular weight excluding hydrogens is 268 g/mol. The Bertz CT molecular complexity index is 486. The van der Waals surface area contributed by atoms with Gasteiger partial charge < -0.3 is 20.5 Å². The molecule has 116 valence electrons. The van der Waals surface area contributed by atoms with Crippen LogP contribution in [0.4, 0.5) is 11.4 Å². The number of benzene rings is 1. The van der Waals surface area contributed by atoms with Crippen molar-refractivity contribution in [2.24, 2.45) is 0 Å². The Morgan fingerprint density at radius 1 is 1.48 bits per heavy atom. The number of anilines is 2. The molecule has 0 unspecified atom stereocenters. The van der Waals surface area contributed by atoms with Crippen LogP contribution in [0.1, 0.15) is 43.0 Å². The van der Waals surface area contributed by atoms with E-state index in [-0.39, 0.29) is 12.6 Å². The van der Waals surface area contributed by atoms with Crippen LogP contribution in [0.3, 0.4) is 0 Å². The number of hydrogen-bond acceptors (Lipinski definition) is 5. The van der Waals surface area contributed by atoms with Crippen LogP contribution in [-0.4, -0.2) is 36.9 Å². The van der Waals surface area contributed by atoms with Crippen molar-refractivity contribution in [2.75, 3.05) is 30.4 Å². The predicted octanol–water partition coefficient (Wildman–Crippen LogP) is 2.19. The molecule has 5 nitrogen and oxygen atoms in total. The zero-order valence-electron chi connectivity index (χ0n) is 12.5. The van der Waals surface area contributed by atoms with Crippen LogP contribution in [0.5, 0.6) is 0 Å². The second kappa shape index (κ2) is 7.31. The fourth-order valence-corrected chi connectivity index (χ4v) is 2.57. The molecular formula is C16H24N2O3. The summed E-state index contributed by atoms with van der Waals surface area (Å²) in [5.41, 5.74) is 7.72.